The zero-order valence-electron chi connectivity index (χ0n) is 21.0. The van der Waals surface area contributed by atoms with Crippen molar-refractivity contribution in [3.63, 3.8) is 0 Å². The van der Waals surface area contributed by atoms with Crippen molar-refractivity contribution in [1.29, 1.82) is 0 Å². The van der Waals surface area contributed by atoms with Gasteiger partial charge in [0.1, 0.15) is 5.75 Å². The summed E-state index contributed by atoms with van der Waals surface area (Å²) in [5.74, 6) is 1.16. The average Bonchev–Trinajstić information content (AvgIpc) is 3.60. The van der Waals surface area contributed by atoms with Crippen LogP contribution >= 0.6 is 31.9 Å². The number of hydrogen-bond donors (Lipinski definition) is 1. The number of ether oxygens (including phenoxy) is 2. The first-order valence-corrected chi connectivity index (χ1v) is 14.5. The highest BCUT2D eigenvalue weighted by atomic mass is 79.9. The van der Waals surface area contributed by atoms with Crippen LogP contribution in [0.25, 0.3) is 0 Å². The number of halogens is 2. The first-order valence-electron chi connectivity index (χ1n) is 12.9. The molecular weight excluding hydrogens is 612 g/mol. The lowest BCUT2D eigenvalue weighted by Gasteiger charge is -2.34. The van der Waals surface area contributed by atoms with Gasteiger partial charge in [-0.3, -0.25) is 4.79 Å². The van der Waals surface area contributed by atoms with Gasteiger partial charge in [0, 0.05) is 47.0 Å². The molecule has 2 aliphatic rings. The monoisotopic (exact) mass is 640 g/mol. The fraction of sp³-hybridized carbons (Fsp3) is 0.333. The first kappa shape index (κ1) is 26.9. The van der Waals surface area contributed by atoms with Crippen molar-refractivity contribution >= 4 is 43.7 Å². The Labute approximate surface area is 239 Å². The molecule has 5 rings (SSSR count). The number of amides is 1. The maximum Gasteiger partial charge on any atom is 0.255 e. The molecule has 3 aromatic carbocycles. The van der Waals surface area contributed by atoms with Crippen LogP contribution in [0.1, 0.15) is 42.1 Å². The molecule has 8 heteroatoms. The van der Waals surface area contributed by atoms with E-state index >= 15 is 0 Å². The van der Waals surface area contributed by atoms with E-state index in [4.69, 9.17) is 19.6 Å². The molecule has 0 radical (unpaired) electrons. The highest BCUT2D eigenvalue weighted by molar-refractivity contribution is 9.10. The summed E-state index contributed by atoms with van der Waals surface area (Å²) in [7, 11) is 0. The van der Waals surface area contributed by atoms with Crippen LogP contribution in [0.2, 0.25) is 0 Å². The zero-order valence-corrected chi connectivity index (χ0v) is 24.2. The number of carbonyl (C=O) groups excluding carboxylic acids is 1. The molecule has 6 nitrogen and oxygen atoms in total. The predicted octanol–water partition coefficient (Wildman–Crippen LogP) is 6.09. The van der Waals surface area contributed by atoms with E-state index in [1.54, 1.807) is 0 Å². The van der Waals surface area contributed by atoms with Gasteiger partial charge in [0.05, 0.1) is 6.61 Å². The molecule has 2 heterocycles. The summed E-state index contributed by atoms with van der Waals surface area (Å²) in [5.41, 5.74) is 1.57. The Hall–Kier alpha value is -2.68. The Kier molecular flexibility index (Phi) is 8.51. The summed E-state index contributed by atoms with van der Waals surface area (Å²) < 4.78 is 14.2. The lowest BCUT2D eigenvalue weighted by Crippen LogP contribution is -2.50. The van der Waals surface area contributed by atoms with Gasteiger partial charge in [0.15, 0.2) is 11.6 Å². The summed E-state index contributed by atoms with van der Waals surface area (Å²) >= 11 is 7.05. The second kappa shape index (κ2) is 12.0. The fourth-order valence-corrected chi connectivity index (χ4v) is 5.54. The highest BCUT2D eigenvalue weighted by Gasteiger charge is 2.55. The summed E-state index contributed by atoms with van der Waals surface area (Å²) in [6.45, 7) is 2.00. The maximum atomic E-state index is 14.3. The van der Waals surface area contributed by atoms with Crippen LogP contribution < -0.4 is 4.74 Å². The first-order chi connectivity index (χ1) is 18.5. The molecule has 0 bridgehead atoms. The molecule has 0 aromatic heterocycles. The average molecular weight is 642 g/mol. The van der Waals surface area contributed by atoms with Crippen LogP contribution in [0.5, 0.6) is 5.75 Å². The molecule has 2 atom stereocenters. The van der Waals surface area contributed by atoms with Crippen LogP contribution in [0.4, 0.5) is 0 Å². The van der Waals surface area contributed by atoms with E-state index in [0.29, 0.717) is 31.1 Å². The fourth-order valence-electron chi connectivity index (χ4n) is 5.01. The van der Waals surface area contributed by atoms with E-state index in [1.807, 2.05) is 77.7 Å². The molecule has 1 saturated heterocycles. The number of benzene rings is 3. The molecular formula is C30H30Br2N2O4. The van der Waals surface area contributed by atoms with E-state index in [-0.39, 0.29) is 12.5 Å². The van der Waals surface area contributed by atoms with Gasteiger partial charge in [-0.25, -0.2) is 4.99 Å². The Morgan fingerprint density at radius 2 is 1.61 bits per heavy atom. The molecule has 0 aliphatic carbocycles. The van der Waals surface area contributed by atoms with Crippen LogP contribution in [-0.2, 0) is 16.0 Å². The van der Waals surface area contributed by atoms with Crippen molar-refractivity contribution in [2.75, 3.05) is 26.3 Å². The molecule has 0 unspecified atom stereocenters. The SMILES string of the molecule is O=C(N1CCCC1)[C@]1(Cc2ccc(Br)cc2)N=C(c2ccc(OCCCO)cc2)O[C@@H]1c1ccc(Br)cc1. The van der Waals surface area contributed by atoms with Crippen molar-refractivity contribution < 1.29 is 19.4 Å². The van der Waals surface area contributed by atoms with Crippen molar-refractivity contribution in [1.82, 2.24) is 4.90 Å². The number of aliphatic hydroxyl groups excluding tert-OH is 1. The second-order valence-corrected chi connectivity index (χ2v) is 11.5. The number of aliphatic imine (C=N–C) groups is 1. The van der Waals surface area contributed by atoms with E-state index in [0.717, 1.165) is 51.6 Å². The Morgan fingerprint density at radius 1 is 0.974 bits per heavy atom. The molecule has 38 heavy (non-hydrogen) atoms. The van der Waals surface area contributed by atoms with Gasteiger partial charge in [-0.05, 0) is 72.5 Å². The van der Waals surface area contributed by atoms with Crippen LogP contribution in [-0.4, -0.2) is 53.7 Å². The van der Waals surface area contributed by atoms with E-state index in [1.165, 1.54) is 0 Å². The van der Waals surface area contributed by atoms with Crippen molar-refractivity contribution in [3.8, 4) is 5.75 Å². The van der Waals surface area contributed by atoms with Gasteiger partial charge in [-0.1, -0.05) is 56.1 Å². The lowest BCUT2D eigenvalue weighted by molar-refractivity contribution is -0.138. The second-order valence-electron chi connectivity index (χ2n) is 9.64. The molecule has 1 amide bonds. The number of likely N-dealkylation sites (tertiary alicyclic amines) is 1. The highest BCUT2D eigenvalue weighted by Crippen LogP contribution is 2.44. The van der Waals surface area contributed by atoms with Gasteiger partial charge < -0.3 is 19.5 Å². The summed E-state index contributed by atoms with van der Waals surface area (Å²) in [4.78, 5) is 21.4. The Morgan fingerprint density at radius 3 is 2.24 bits per heavy atom. The number of carbonyl (C=O) groups is 1. The summed E-state index contributed by atoms with van der Waals surface area (Å²) in [5, 5.41) is 9.01. The standard InChI is InChI=1S/C30H30Br2N2O4/c31-24-10-4-21(5-11-24)20-30(29(36)34-16-1-2-17-34)27(22-6-12-25(32)13-7-22)38-28(33-30)23-8-14-26(15-9-23)37-19-3-18-35/h4-15,27,35H,1-3,16-20H2/t27-,30-/m1/s1. The minimum atomic E-state index is -1.14. The number of aliphatic hydroxyl groups is 1. The third kappa shape index (κ3) is 5.82. The van der Waals surface area contributed by atoms with Crippen LogP contribution in [0, 0.1) is 0 Å². The van der Waals surface area contributed by atoms with Crippen molar-refractivity contribution in [2.24, 2.45) is 4.99 Å². The van der Waals surface area contributed by atoms with E-state index in [9.17, 15) is 4.79 Å². The lowest BCUT2D eigenvalue weighted by atomic mass is 9.81. The molecule has 1 fully saturated rings. The molecule has 1 N–H and O–H groups in total. The quantitative estimate of drug-likeness (QED) is 0.287. The predicted molar refractivity (Wildman–Crippen MR) is 155 cm³/mol. The topological polar surface area (TPSA) is 71.4 Å². The number of nitrogens with zero attached hydrogens (tertiary/aromatic N) is 2. The van der Waals surface area contributed by atoms with Crippen LogP contribution in [0.15, 0.2) is 86.7 Å². The van der Waals surface area contributed by atoms with Crippen molar-refractivity contribution in [2.45, 2.75) is 37.3 Å². The Balaban J connectivity index is 1.57. The smallest absolute Gasteiger partial charge is 0.255 e. The van der Waals surface area contributed by atoms with Gasteiger partial charge in [0.2, 0.25) is 5.90 Å². The maximum absolute atomic E-state index is 14.3. The van der Waals surface area contributed by atoms with Crippen LogP contribution in [0.3, 0.4) is 0 Å². The van der Waals surface area contributed by atoms with Gasteiger partial charge in [0.25, 0.3) is 5.91 Å². The minimum Gasteiger partial charge on any atom is -0.494 e. The Bertz CT molecular complexity index is 1270. The third-order valence-corrected chi connectivity index (χ3v) is 8.02. The largest absolute Gasteiger partial charge is 0.494 e. The van der Waals surface area contributed by atoms with Crippen molar-refractivity contribution in [3.05, 3.63) is 98.4 Å². The molecule has 198 valence electrons. The summed E-state index contributed by atoms with van der Waals surface area (Å²) in [6.07, 6.45) is 2.41. The summed E-state index contributed by atoms with van der Waals surface area (Å²) in [6, 6.07) is 23.5. The molecule has 2 aliphatic heterocycles. The van der Waals surface area contributed by atoms with Gasteiger partial charge in [-0.15, -0.1) is 0 Å². The molecule has 0 saturated carbocycles. The number of hydrogen-bond acceptors (Lipinski definition) is 5. The third-order valence-electron chi connectivity index (χ3n) is 6.96. The minimum absolute atomic E-state index is 0.00444. The molecule has 3 aromatic rings. The van der Waals surface area contributed by atoms with E-state index in [2.05, 4.69) is 31.9 Å². The van der Waals surface area contributed by atoms with E-state index < -0.39 is 11.6 Å². The number of rotatable bonds is 9. The zero-order chi connectivity index (χ0) is 26.5. The normalized spacial score (nSPS) is 20.8. The van der Waals surface area contributed by atoms with Gasteiger partial charge in [-0.2, -0.15) is 0 Å². The molecule has 0 spiro atoms. The van der Waals surface area contributed by atoms with Gasteiger partial charge >= 0.3 is 0 Å².